The van der Waals surface area contributed by atoms with Gasteiger partial charge in [-0.15, -0.1) is 35.3 Å². The summed E-state index contributed by atoms with van der Waals surface area (Å²) in [5, 5.41) is 7.40. The quantitative estimate of drug-likeness (QED) is 0.187. The average Bonchev–Trinajstić information content (AvgIpc) is 3.15. The number of carbonyl (C=O) groups excluding carboxylic acids is 1. The number of thiazole rings is 1. The highest BCUT2D eigenvalue weighted by molar-refractivity contribution is 14.0. The first-order valence-corrected chi connectivity index (χ1v) is 11.2. The van der Waals surface area contributed by atoms with E-state index in [0.717, 1.165) is 17.1 Å². The number of carbonyl (C=O) groups is 1. The summed E-state index contributed by atoms with van der Waals surface area (Å²) in [5.41, 5.74) is 1.68. The minimum atomic E-state index is -0.332. The molecule has 0 aliphatic rings. The van der Waals surface area contributed by atoms with Crippen molar-refractivity contribution in [3.05, 3.63) is 39.3 Å². The zero-order chi connectivity index (χ0) is 22.8. The first-order chi connectivity index (χ1) is 14.9. The van der Waals surface area contributed by atoms with Crippen LogP contribution in [0.25, 0.3) is 0 Å². The Morgan fingerprint density at radius 1 is 1.22 bits per heavy atom. The molecule has 0 aliphatic carbocycles. The summed E-state index contributed by atoms with van der Waals surface area (Å²) in [5.74, 6) is 1.73. The van der Waals surface area contributed by atoms with E-state index in [2.05, 4.69) is 20.6 Å². The van der Waals surface area contributed by atoms with Gasteiger partial charge in [-0.2, -0.15) is 0 Å². The van der Waals surface area contributed by atoms with Crippen molar-refractivity contribution in [1.82, 2.24) is 15.6 Å². The molecule has 2 N–H and O–H groups in total. The standard InChI is InChI=1S/C22H32N4O4S.HI/c1-7-23-22(24-13-16-10-11-17(29-8-2)18(12-16)28-6)26-15(5)20-25-14(4)19(31-20)21(27)30-9-3;/h10-12,15H,7-9,13H2,1-6H3,(H2,23,24,26);1H. The van der Waals surface area contributed by atoms with Crippen LogP contribution in [0.1, 0.15) is 59.7 Å². The van der Waals surface area contributed by atoms with Gasteiger partial charge in [0.25, 0.3) is 0 Å². The van der Waals surface area contributed by atoms with Crippen LogP contribution in [-0.2, 0) is 11.3 Å². The average molecular weight is 577 g/mol. The molecule has 1 aromatic heterocycles. The summed E-state index contributed by atoms with van der Waals surface area (Å²) < 4.78 is 16.1. The van der Waals surface area contributed by atoms with Gasteiger partial charge in [0, 0.05) is 6.54 Å². The van der Waals surface area contributed by atoms with Crippen molar-refractivity contribution in [1.29, 1.82) is 0 Å². The van der Waals surface area contributed by atoms with Crippen molar-refractivity contribution in [2.24, 2.45) is 4.99 Å². The fraction of sp³-hybridized carbons (Fsp3) is 0.500. The lowest BCUT2D eigenvalue weighted by Crippen LogP contribution is -2.38. The number of guanidine groups is 1. The highest BCUT2D eigenvalue weighted by Gasteiger charge is 2.20. The summed E-state index contributed by atoms with van der Waals surface area (Å²) in [7, 11) is 1.62. The monoisotopic (exact) mass is 576 g/mol. The smallest absolute Gasteiger partial charge is 0.350 e. The highest BCUT2D eigenvalue weighted by atomic mass is 127. The van der Waals surface area contributed by atoms with Gasteiger partial charge in [0.1, 0.15) is 9.88 Å². The maximum Gasteiger partial charge on any atom is 0.350 e. The third-order valence-electron chi connectivity index (χ3n) is 4.29. The van der Waals surface area contributed by atoms with Gasteiger partial charge in [-0.1, -0.05) is 6.07 Å². The number of hydrogen-bond donors (Lipinski definition) is 2. The molecule has 32 heavy (non-hydrogen) atoms. The number of nitrogens with zero attached hydrogens (tertiary/aromatic N) is 2. The second kappa shape index (κ2) is 14.1. The molecule has 0 aliphatic heterocycles. The Morgan fingerprint density at radius 3 is 2.59 bits per heavy atom. The van der Waals surface area contributed by atoms with Crippen LogP contribution in [0.2, 0.25) is 0 Å². The van der Waals surface area contributed by atoms with Crippen molar-refractivity contribution >= 4 is 47.2 Å². The molecule has 0 amide bonds. The van der Waals surface area contributed by atoms with E-state index in [1.807, 2.05) is 45.9 Å². The van der Waals surface area contributed by atoms with E-state index in [9.17, 15) is 4.79 Å². The second-order valence-electron chi connectivity index (χ2n) is 6.67. The van der Waals surface area contributed by atoms with Crippen LogP contribution in [-0.4, -0.2) is 43.8 Å². The van der Waals surface area contributed by atoms with E-state index in [1.54, 1.807) is 14.0 Å². The highest BCUT2D eigenvalue weighted by Crippen LogP contribution is 2.28. The summed E-state index contributed by atoms with van der Waals surface area (Å²) >= 11 is 1.34. The van der Waals surface area contributed by atoms with Crippen molar-refractivity contribution in [2.75, 3.05) is 26.9 Å². The molecule has 0 spiro atoms. The van der Waals surface area contributed by atoms with Crippen molar-refractivity contribution < 1.29 is 19.0 Å². The number of rotatable bonds is 10. The number of aliphatic imine (C=N–C) groups is 1. The van der Waals surface area contributed by atoms with Gasteiger partial charge in [0.15, 0.2) is 17.5 Å². The van der Waals surface area contributed by atoms with Gasteiger partial charge in [-0.25, -0.2) is 14.8 Å². The van der Waals surface area contributed by atoms with Crippen LogP contribution in [0.5, 0.6) is 11.5 Å². The number of hydrogen-bond acceptors (Lipinski definition) is 7. The SMILES string of the molecule is CCNC(=NCc1ccc(OCC)c(OC)c1)NC(C)c1nc(C)c(C(=O)OCC)s1.I. The molecular weight excluding hydrogens is 543 g/mol. The number of ether oxygens (including phenoxy) is 3. The van der Waals surface area contributed by atoms with Crippen LogP contribution >= 0.6 is 35.3 Å². The Balaban J connectivity index is 0.00000512. The van der Waals surface area contributed by atoms with Crippen LogP contribution in [0.3, 0.4) is 0 Å². The normalized spacial score (nSPS) is 11.9. The zero-order valence-corrected chi connectivity index (χ0v) is 22.6. The fourth-order valence-electron chi connectivity index (χ4n) is 2.83. The number of aryl methyl sites for hydroxylation is 1. The molecule has 0 saturated heterocycles. The third kappa shape index (κ3) is 7.80. The molecule has 0 fully saturated rings. The number of halogens is 1. The summed E-state index contributed by atoms with van der Waals surface area (Å²) in [6.45, 7) is 11.6. The lowest BCUT2D eigenvalue weighted by Gasteiger charge is -2.16. The van der Waals surface area contributed by atoms with Gasteiger partial charge in [0.2, 0.25) is 0 Å². The Bertz CT molecular complexity index is 904. The fourth-order valence-corrected chi connectivity index (χ4v) is 3.79. The van der Waals surface area contributed by atoms with Crippen molar-refractivity contribution in [3.8, 4) is 11.5 Å². The Hall–Kier alpha value is -2.08. The molecule has 178 valence electrons. The van der Waals surface area contributed by atoms with Gasteiger partial charge in [-0.3, -0.25) is 0 Å². The van der Waals surface area contributed by atoms with E-state index in [0.29, 0.717) is 47.8 Å². The molecule has 0 radical (unpaired) electrons. The topological polar surface area (TPSA) is 94.1 Å². The predicted octanol–water partition coefficient (Wildman–Crippen LogP) is 4.47. The number of esters is 1. The first-order valence-electron chi connectivity index (χ1n) is 10.4. The molecule has 2 rings (SSSR count). The molecule has 10 heteroatoms. The van der Waals surface area contributed by atoms with E-state index in [1.165, 1.54) is 11.3 Å². The lowest BCUT2D eigenvalue weighted by atomic mass is 10.2. The molecule has 0 bridgehead atoms. The maximum atomic E-state index is 12.1. The molecule has 1 unspecified atom stereocenters. The number of benzene rings is 1. The minimum absolute atomic E-state index is 0. The van der Waals surface area contributed by atoms with E-state index < -0.39 is 0 Å². The largest absolute Gasteiger partial charge is 0.493 e. The molecule has 0 saturated carbocycles. The summed E-state index contributed by atoms with van der Waals surface area (Å²) in [6, 6.07) is 5.67. The van der Waals surface area contributed by atoms with E-state index in [-0.39, 0.29) is 36.0 Å². The summed E-state index contributed by atoms with van der Waals surface area (Å²) in [4.78, 5) is 21.8. The van der Waals surface area contributed by atoms with E-state index in [4.69, 9.17) is 14.2 Å². The third-order valence-corrected chi connectivity index (χ3v) is 5.61. The maximum absolute atomic E-state index is 12.1. The molecule has 1 atom stereocenters. The van der Waals surface area contributed by atoms with Crippen LogP contribution < -0.4 is 20.1 Å². The molecule has 8 nitrogen and oxygen atoms in total. The predicted molar refractivity (Wildman–Crippen MR) is 139 cm³/mol. The van der Waals surface area contributed by atoms with Crippen LogP contribution in [0, 0.1) is 6.92 Å². The molecule has 1 aromatic carbocycles. The van der Waals surface area contributed by atoms with Gasteiger partial charge < -0.3 is 24.8 Å². The van der Waals surface area contributed by atoms with Crippen LogP contribution in [0.15, 0.2) is 23.2 Å². The number of nitrogens with one attached hydrogen (secondary N) is 2. The number of aromatic nitrogens is 1. The molecule has 1 heterocycles. The van der Waals surface area contributed by atoms with Gasteiger partial charge in [-0.05, 0) is 52.3 Å². The van der Waals surface area contributed by atoms with Crippen LogP contribution in [0.4, 0.5) is 0 Å². The lowest BCUT2D eigenvalue weighted by molar-refractivity contribution is 0.0531. The Labute approximate surface area is 211 Å². The van der Waals surface area contributed by atoms with E-state index >= 15 is 0 Å². The van der Waals surface area contributed by atoms with Gasteiger partial charge in [0.05, 0.1) is 38.6 Å². The van der Waals surface area contributed by atoms with Gasteiger partial charge >= 0.3 is 5.97 Å². The first kappa shape index (κ1) is 28.0. The molecular formula is C22H33IN4O4S. The Kier molecular flexibility index (Phi) is 12.4. The zero-order valence-electron chi connectivity index (χ0n) is 19.5. The van der Waals surface area contributed by atoms with Crippen molar-refractivity contribution in [2.45, 2.75) is 47.2 Å². The summed E-state index contributed by atoms with van der Waals surface area (Å²) in [6.07, 6.45) is 0. The number of methoxy groups -OCH3 is 1. The molecule has 2 aromatic rings. The van der Waals surface area contributed by atoms with Crippen molar-refractivity contribution in [3.63, 3.8) is 0 Å². The minimum Gasteiger partial charge on any atom is -0.493 e. The second-order valence-corrected chi connectivity index (χ2v) is 7.70. The Morgan fingerprint density at radius 2 is 1.97 bits per heavy atom.